The van der Waals surface area contributed by atoms with Gasteiger partial charge in [-0.05, 0) is 60.7 Å². The van der Waals surface area contributed by atoms with Crippen molar-refractivity contribution in [1.82, 2.24) is 25.8 Å². The summed E-state index contributed by atoms with van der Waals surface area (Å²) in [5, 5.41) is 14.9. The molecule has 0 aliphatic carbocycles. The van der Waals surface area contributed by atoms with Gasteiger partial charge in [-0.1, -0.05) is 25.1 Å². The van der Waals surface area contributed by atoms with Crippen LogP contribution in [0.5, 0.6) is 0 Å². The zero-order valence-corrected chi connectivity index (χ0v) is 18.6. The van der Waals surface area contributed by atoms with Crippen LogP contribution in [0.15, 0.2) is 60.8 Å². The van der Waals surface area contributed by atoms with Crippen molar-refractivity contribution in [2.75, 3.05) is 13.1 Å². The summed E-state index contributed by atoms with van der Waals surface area (Å²) in [6.45, 7) is 5.35. The highest BCUT2D eigenvalue weighted by atomic mass is 19.1. The number of benzene rings is 2. The molecule has 2 aromatic heterocycles. The van der Waals surface area contributed by atoms with Gasteiger partial charge in [0.1, 0.15) is 11.5 Å². The van der Waals surface area contributed by atoms with Gasteiger partial charge in [0.25, 0.3) is 5.91 Å². The van der Waals surface area contributed by atoms with Crippen LogP contribution >= 0.6 is 0 Å². The summed E-state index contributed by atoms with van der Waals surface area (Å²) in [7, 11) is 0. The molecule has 5 rings (SSSR count). The summed E-state index contributed by atoms with van der Waals surface area (Å²) < 4.78 is 14.3. The number of carbonyl (C=O) groups excluding carboxylic acids is 1. The molecule has 1 fully saturated rings. The molecule has 0 bridgehead atoms. The van der Waals surface area contributed by atoms with Crippen LogP contribution in [-0.2, 0) is 0 Å². The molecule has 0 radical (unpaired) electrons. The van der Waals surface area contributed by atoms with E-state index in [1.807, 2.05) is 50.2 Å². The third kappa shape index (κ3) is 4.12. The van der Waals surface area contributed by atoms with Crippen LogP contribution in [0.4, 0.5) is 4.39 Å². The van der Waals surface area contributed by atoms with Crippen molar-refractivity contribution in [1.29, 1.82) is 0 Å². The van der Waals surface area contributed by atoms with E-state index in [0.717, 1.165) is 34.4 Å². The number of halogens is 1. The largest absolute Gasteiger partial charge is 0.348 e. The van der Waals surface area contributed by atoms with Crippen molar-refractivity contribution < 1.29 is 9.18 Å². The Morgan fingerprint density at radius 2 is 2.00 bits per heavy atom. The molecule has 3 atom stereocenters. The average molecular weight is 444 g/mol. The predicted molar refractivity (Wildman–Crippen MR) is 126 cm³/mol. The number of aryl methyl sites for hydroxylation is 1. The fourth-order valence-electron chi connectivity index (χ4n) is 4.78. The van der Waals surface area contributed by atoms with E-state index in [1.165, 1.54) is 6.07 Å². The van der Waals surface area contributed by atoms with Crippen molar-refractivity contribution in [2.24, 2.45) is 5.92 Å². The Bertz CT molecular complexity index is 1320. The monoisotopic (exact) mass is 443 g/mol. The van der Waals surface area contributed by atoms with Crippen LogP contribution in [-0.4, -0.2) is 40.2 Å². The molecule has 0 spiro atoms. The third-order valence-corrected chi connectivity index (χ3v) is 6.61. The first kappa shape index (κ1) is 21.3. The molecule has 6 nitrogen and oxygen atoms in total. The summed E-state index contributed by atoms with van der Waals surface area (Å²) in [4.78, 5) is 17.4. The number of amides is 1. The standard InChI is InChI=1S/C26H26FN5O/c1-15-11-17(9-10-29-15)25-20-12-18(7-8-23(20)31-32-25)26(33)30-24-14-28-13-21(24)16(2)19-5-3-4-6-22(19)27/h3-12,16,21,24,28H,13-14H2,1-2H3,(H,30,33)(H,31,32)/t16?,21-,24+/m0/s1. The molecule has 1 unspecified atom stereocenters. The highest BCUT2D eigenvalue weighted by molar-refractivity contribution is 6.01. The minimum atomic E-state index is -0.203. The SMILES string of the molecule is Cc1cc(-c2n[nH]c3ccc(C(=O)N[C@@H]4CNC[C@H]4C(C)c4ccccc4F)cc23)ccn1. The van der Waals surface area contributed by atoms with Crippen LogP contribution in [0.3, 0.4) is 0 Å². The van der Waals surface area contributed by atoms with E-state index in [2.05, 4.69) is 25.8 Å². The van der Waals surface area contributed by atoms with E-state index in [1.54, 1.807) is 18.3 Å². The Kier molecular flexibility index (Phi) is 5.64. The molecule has 3 heterocycles. The van der Waals surface area contributed by atoms with Gasteiger partial charge >= 0.3 is 0 Å². The summed E-state index contributed by atoms with van der Waals surface area (Å²) in [6.07, 6.45) is 1.76. The van der Waals surface area contributed by atoms with Crippen LogP contribution in [0.25, 0.3) is 22.2 Å². The van der Waals surface area contributed by atoms with E-state index in [9.17, 15) is 9.18 Å². The van der Waals surface area contributed by atoms with E-state index < -0.39 is 0 Å². The number of aromatic amines is 1. The van der Waals surface area contributed by atoms with E-state index in [0.29, 0.717) is 17.7 Å². The molecule has 4 aromatic rings. The fraction of sp³-hybridized carbons (Fsp3) is 0.269. The average Bonchev–Trinajstić information content (AvgIpc) is 3.45. The van der Waals surface area contributed by atoms with Gasteiger partial charge in [0, 0.05) is 47.5 Å². The number of rotatable bonds is 5. The van der Waals surface area contributed by atoms with Crippen LogP contribution in [0.2, 0.25) is 0 Å². The van der Waals surface area contributed by atoms with Gasteiger partial charge in [0.2, 0.25) is 0 Å². The van der Waals surface area contributed by atoms with Crippen molar-refractivity contribution in [3.63, 3.8) is 0 Å². The normalized spacial score (nSPS) is 19.0. The lowest BCUT2D eigenvalue weighted by Gasteiger charge is -2.26. The van der Waals surface area contributed by atoms with Gasteiger partial charge in [-0.25, -0.2) is 4.39 Å². The number of pyridine rings is 1. The maximum atomic E-state index is 14.3. The first-order chi connectivity index (χ1) is 16.0. The van der Waals surface area contributed by atoms with Gasteiger partial charge in [-0.3, -0.25) is 14.9 Å². The summed E-state index contributed by atoms with van der Waals surface area (Å²) in [6, 6.07) is 16.2. The van der Waals surface area contributed by atoms with Crippen molar-refractivity contribution >= 4 is 16.8 Å². The number of hydrogen-bond acceptors (Lipinski definition) is 4. The third-order valence-electron chi connectivity index (χ3n) is 6.61. The molecular weight excluding hydrogens is 417 g/mol. The van der Waals surface area contributed by atoms with E-state index in [4.69, 9.17) is 0 Å². The number of H-pyrrole nitrogens is 1. The van der Waals surface area contributed by atoms with Crippen LogP contribution in [0.1, 0.15) is 34.5 Å². The molecule has 1 aliphatic heterocycles. The molecule has 7 heteroatoms. The highest BCUT2D eigenvalue weighted by Crippen LogP contribution is 2.31. The Labute approximate surface area is 191 Å². The number of nitrogens with zero attached hydrogens (tertiary/aromatic N) is 2. The van der Waals surface area contributed by atoms with Crippen LogP contribution < -0.4 is 10.6 Å². The second-order valence-electron chi connectivity index (χ2n) is 8.73. The molecule has 168 valence electrons. The highest BCUT2D eigenvalue weighted by Gasteiger charge is 2.34. The Hall–Kier alpha value is -3.58. The lowest BCUT2D eigenvalue weighted by Crippen LogP contribution is -2.41. The molecule has 2 aromatic carbocycles. The zero-order valence-electron chi connectivity index (χ0n) is 18.6. The first-order valence-corrected chi connectivity index (χ1v) is 11.2. The first-order valence-electron chi connectivity index (χ1n) is 11.2. The zero-order chi connectivity index (χ0) is 22.9. The lowest BCUT2D eigenvalue weighted by molar-refractivity contribution is 0.0929. The second-order valence-corrected chi connectivity index (χ2v) is 8.73. The molecule has 1 amide bonds. The number of nitrogens with one attached hydrogen (secondary N) is 3. The number of fused-ring (bicyclic) bond motifs is 1. The quantitative estimate of drug-likeness (QED) is 0.432. The van der Waals surface area contributed by atoms with Crippen molar-refractivity contribution in [2.45, 2.75) is 25.8 Å². The minimum Gasteiger partial charge on any atom is -0.348 e. The molecular formula is C26H26FN5O. The summed E-state index contributed by atoms with van der Waals surface area (Å²) in [5.41, 5.74) is 4.76. The molecule has 33 heavy (non-hydrogen) atoms. The van der Waals surface area contributed by atoms with E-state index in [-0.39, 0.29) is 29.6 Å². The minimum absolute atomic E-state index is 0.0237. The topological polar surface area (TPSA) is 82.7 Å². The maximum absolute atomic E-state index is 14.3. The predicted octanol–water partition coefficient (Wildman–Crippen LogP) is 4.19. The lowest BCUT2D eigenvalue weighted by atomic mass is 9.84. The number of aromatic nitrogens is 3. The summed E-state index contributed by atoms with van der Waals surface area (Å²) in [5.74, 6) is -0.274. The van der Waals surface area contributed by atoms with E-state index >= 15 is 0 Å². The van der Waals surface area contributed by atoms with Crippen molar-refractivity contribution in [3.05, 3.63) is 83.4 Å². The second kappa shape index (κ2) is 8.75. The number of hydrogen-bond donors (Lipinski definition) is 3. The van der Waals surface area contributed by atoms with Crippen LogP contribution in [0, 0.1) is 18.7 Å². The van der Waals surface area contributed by atoms with Crippen molar-refractivity contribution in [3.8, 4) is 11.3 Å². The fourth-order valence-corrected chi connectivity index (χ4v) is 4.78. The van der Waals surface area contributed by atoms with Gasteiger partial charge < -0.3 is 10.6 Å². The molecule has 3 N–H and O–H groups in total. The van der Waals surface area contributed by atoms with Gasteiger partial charge in [-0.15, -0.1) is 0 Å². The smallest absolute Gasteiger partial charge is 0.251 e. The van der Waals surface area contributed by atoms with Gasteiger partial charge in [-0.2, -0.15) is 5.10 Å². The summed E-state index contributed by atoms with van der Waals surface area (Å²) >= 11 is 0. The Morgan fingerprint density at radius 3 is 2.82 bits per heavy atom. The molecule has 0 saturated carbocycles. The maximum Gasteiger partial charge on any atom is 0.251 e. The molecule has 1 saturated heterocycles. The Morgan fingerprint density at radius 1 is 1.15 bits per heavy atom. The Balaban J connectivity index is 1.39. The molecule has 1 aliphatic rings. The van der Waals surface area contributed by atoms with Gasteiger partial charge in [0.05, 0.1) is 5.52 Å². The number of carbonyl (C=O) groups is 1. The van der Waals surface area contributed by atoms with Gasteiger partial charge in [0.15, 0.2) is 0 Å².